The van der Waals surface area contributed by atoms with Crippen molar-refractivity contribution in [1.29, 1.82) is 0 Å². The van der Waals surface area contributed by atoms with Crippen LogP contribution in [0.4, 0.5) is 5.69 Å². The second-order valence-corrected chi connectivity index (χ2v) is 4.35. The maximum atomic E-state index is 11.5. The SMILES string of the molecule is CCCCC(=O)Nc1ccc(C(=O)CBr)cc1. The van der Waals surface area contributed by atoms with Gasteiger partial charge in [-0.1, -0.05) is 29.3 Å². The molecular formula is C13H16BrNO2. The average Bonchev–Trinajstić information content (AvgIpc) is 2.36. The van der Waals surface area contributed by atoms with E-state index in [1.165, 1.54) is 0 Å². The number of benzene rings is 1. The van der Waals surface area contributed by atoms with E-state index in [0.717, 1.165) is 18.5 Å². The molecule has 0 atom stereocenters. The summed E-state index contributed by atoms with van der Waals surface area (Å²) in [6.07, 6.45) is 2.44. The van der Waals surface area contributed by atoms with Gasteiger partial charge in [-0.05, 0) is 30.7 Å². The number of halogens is 1. The number of nitrogens with one attached hydrogen (secondary N) is 1. The Labute approximate surface area is 110 Å². The van der Waals surface area contributed by atoms with Gasteiger partial charge in [0.25, 0.3) is 0 Å². The van der Waals surface area contributed by atoms with Gasteiger partial charge in [-0.3, -0.25) is 9.59 Å². The number of carbonyl (C=O) groups excluding carboxylic acids is 2. The zero-order chi connectivity index (χ0) is 12.7. The molecule has 0 aliphatic heterocycles. The highest BCUT2D eigenvalue weighted by atomic mass is 79.9. The molecular weight excluding hydrogens is 282 g/mol. The molecule has 1 amide bonds. The number of hydrogen-bond acceptors (Lipinski definition) is 2. The van der Waals surface area contributed by atoms with Crippen molar-refractivity contribution in [3.8, 4) is 0 Å². The third-order valence-corrected chi connectivity index (χ3v) is 2.88. The molecule has 0 aliphatic rings. The van der Waals surface area contributed by atoms with Gasteiger partial charge in [0.05, 0.1) is 5.33 Å². The predicted molar refractivity (Wildman–Crippen MR) is 72.7 cm³/mol. The first-order valence-electron chi connectivity index (χ1n) is 5.66. The fourth-order valence-corrected chi connectivity index (χ4v) is 1.70. The smallest absolute Gasteiger partial charge is 0.224 e. The Bertz CT molecular complexity index is 387. The number of unbranched alkanes of at least 4 members (excludes halogenated alkanes) is 1. The molecule has 0 radical (unpaired) electrons. The summed E-state index contributed by atoms with van der Waals surface area (Å²) in [5.74, 6) is 0.0558. The van der Waals surface area contributed by atoms with Crippen LogP contribution in [0.3, 0.4) is 0 Å². The molecule has 0 heterocycles. The summed E-state index contributed by atoms with van der Waals surface area (Å²) < 4.78 is 0. The molecule has 0 spiro atoms. The molecule has 1 rings (SSSR count). The Balaban J connectivity index is 2.56. The molecule has 0 aliphatic carbocycles. The number of carbonyl (C=O) groups is 2. The maximum absolute atomic E-state index is 11.5. The van der Waals surface area contributed by atoms with E-state index in [1.54, 1.807) is 24.3 Å². The number of rotatable bonds is 6. The molecule has 1 aromatic rings. The summed E-state index contributed by atoms with van der Waals surface area (Å²) in [6, 6.07) is 6.94. The van der Waals surface area contributed by atoms with Crippen LogP contribution in [0.2, 0.25) is 0 Å². The first-order chi connectivity index (χ1) is 8.17. The summed E-state index contributed by atoms with van der Waals surface area (Å²) in [5, 5.41) is 3.11. The monoisotopic (exact) mass is 297 g/mol. The zero-order valence-corrected chi connectivity index (χ0v) is 11.4. The van der Waals surface area contributed by atoms with Gasteiger partial charge < -0.3 is 5.32 Å². The first kappa shape index (κ1) is 13.9. The standard InChI is InChI=1S/C13H16BrNO2/c1-2-3-4-13(17)15-11-7-5-10(6-8-11)12(16)9-14/h5-8H,2-4,9H2,1H3,(H,15,17). The molecule has 1 N–H and O–H groups in total. The van der Waals surface area contributed by atoms with Crippen molar-refractivity contribution in [3.63, 3.8) is 0 Å². The van der Waals surface area contributed by atoms with E-state index in [9.17, 15) is 9.59 Å². The van der Waals surface area contributed by atoms with Gasteiger partial charge in [0, 0.05) is 17.7 Å². The summed E-state index contributed by atoms with van der Waals surface area (Å²) in [7, 11) is 0. The van der Waals surface area contributed by atoms with Crippen molar-refractivity contribution in [2.75, 3.05) is 10.6 Å². The Morgan fingerprint density at radius 1 is 1.24 bits per heavy atom. The fourth-order valence-electron chi connectivity index (χ4n) is 1.38. The molecule has 0 unspecified atom stereocenters. The van der Waals surface area contributed by atoms with Crippen molar-refractivity contribution in [2.24, 2.45) is 0 Å². The first-order valence-corrected chi connectivity index (χ1v) is 6.78. The Morgan fingerprint density at radius 3 is 2.41 bits per heavy atom. The number of anilines is 1. The van der Waals surface area contributed by atoms with Gasteiger partial charge in [-0.15, -0.1) is 0 Å². The topological polar surface area (TPSA) is 46.2 Å². The minimum Gasteiger partial charge on any atom is -0.326 e. The largest absolute Gasteiger partial charge is 0.326 e. The van der Waals surface area contributed by atoms with E-state index < -0.39 is 0 Å². The zero-order valence-electron chi connectivity index (χ0n) is 9.83. The number of hydrogen-bond donors (Lipinski definition) is 1. The van der Waals surface area contributed by atoms with Crippen LogP contribution in [0.25, 0.3) is 0 Å². The van der Waals surface area contributed by atoms with Crippen LogP contribution < -0.4 is 5.32 Å². The fraction of sp³-hybridized carbons (Fsp3) is 0.385. The Hall–Kier alpha value is -1.16. The lowest BCUT2D eigenvalue weighted by Gasteiger charge is -2.05. The molecule has 0 saturated carbocycles. The van der Waals surface area contributed by atoms with Gasteiger partial charge in [0.15, 0.2) is 5.78 Å². The molecule has 4 heteroatoms. The van der Waals surface area contributed by atoms with E-state index in [2.05, 4.69) is 21.2 Å². The highest BCUT2D eigenvalue weighted by Gasteiger charge is 2.05. The molecule has 0 aromatic heterocycles. The number of Topliss-reactive ketones (excluding diaryl/α,β-unsaturated/α-hetero) is 1. The summed E-state index contributed by atoms with van der Waals surface area (Å²) in [4.78, 5) is 22.8. The van der Waals surface area contributed by atoms with Crippen LogP contribution in [-0.2, 0) is 4.79 Å². The third kappa shape index (κ3) is 4.69. The van der Waals surface area contributed by atoms with E-state index >= 15 is 0 Å². The van der Waals surface area contributed by atoms with Gasteiger partial charge in [-0.25, -0.2) is 0 Å². The van der Waals surface area contributed by atoms with Crippen LogP contribution in [0.15, 0.2) is 24.3 Å². The van der Waals surface area contributed by atoms with E-state index in [1.807, 2.05) is 6.92 Å². The average molecular weight is 298 g/mol. The number of amides is 1. The highest BCUT2D eigenvalue weighted by Crippen LogP contribution is 2.11. The van der Waals surface area contributed by atoms with Crippen LogP contribution in [-0.4, -0.2) is 17.0 Å². The summed E-state index contributed by atoms with van der Waals surface area (Å²) in [5.41, 5.74) is 1.38. The second kappa shape index (κ2) is 7.22. The molecule has 0 fully saturated rings. The van der Waals surface area contributed by atoms with Crippen LogP contribution in [0.1, 0.15) is 36.5 Å². The highest BCUT2D eigenvalue weighted by molar-refractivity contribution is 9.09. The van der Waals surface area contributed by atoms with Gasteiger partial charge in [-0.2, -0.15) is 0 Å². The van der Waals surface area contributed by atoms with Gasteiger partial charge in [0.1, 0.15) is 0 Å². The van der Waals surface area contributed by atoms with Crippen LogP contribution in [0, 0.1) is 0 Å². The molecule has 3 nitrogen and oxygen atoms in total. The predicted octanol–water partition coefficient (Wildman–Crippen LogP) is 3.39. The van der Waals surface area contributed by atoms with Crippen LogP contribution in [0.5, 0.6) is 0 Å². The summed E-state index contributed by atoms with van der Waals surface area (Å²) >= 11 is 3.12. The number of ketones is 1. The summed E-state index contributed by atoms with van der Waals surface area (Å²) in [6.45, 7) is 2.05. The lowest BCUT2D eigenvalue weighted by molar-refractivity contribution is -0.116. The molecule has 0 saturated heterocycles. The minimum atomic E-state index is 0.0198. The van der Waals surface area contributed by atoms with E-state index in [4.69, 9.17) is 0 Å². The van der Waals surface area contributed by atoms with Crippen LogP contribution >= 0.6 is 15.9 Å². The second-order valence-electron chi connectivity index (χ2n) is 3.79. The molecule has 0 bridgehead atoms. The van der Waals surface area contributed by atoms with Crippen molar-refractivity contribution in [2.45, 2.75) is 26.2 Å². The molecule has 92 valence electrons. The van der Waals surface area contributed by atoms with Crippen molar-refractivity contribution < 1.29 is 9.59 Å². The molecule has 17 heavy (non-hydrogen) atoms. The lowest BCUT2D eigenvalue weighted by atomic mass is 10.1. The van der Waals surface area contributed by atoms with Crippen molar-refractivity contribution in [3.05, 3.63) is 29.8 Å². The molecule has 1 aromatic carbocycles. The quantitative estimate of drug-likeness (QED) is 0.646. The van der Waals surface area contributed by atoms with E-state index in [-0.39, 0.29) is 11.7 Å². The Morgan fingerprint density at radius 2 is 1.88 bits per heavy atom. The number of alkyl halides is 1. The lowest BCUT2D eigenvalue weighted by Crippen LogP contribution is -2.11. The normalized spacial score (nSPS) is 10.0. The maximum Gasteiger partial charge on any atom is 0.224 e. The Kier molecular flexibility index (Phi) is 5.91. The van der Waals surface area contributed by atoms with Gasteiger partial charge >= 0.3 is 0 Å². The van der Waals surface area contributed by atoms with Crippen molar-refractivity contribution >= 4 is 33.3 Å². The van der Waals surface area contributed by atoms with Crippen molar-refractivity contribution in [1.82, 2.24) is 0 Å². The minimum absolute atomic E-state index is 0.0198. The van der Waals surface area contributed by atoms with E-state index in [0.29, 0.717) is 17.3 Å². The third-order valence-electron chi connectivity index (χ3n) is 2.37. The van der Waals surface area contributed by atoms with Gasteiger partial charge in [0.2, 0.25) is 5.91 Å².